The minimum absolute atomic E-state index is 0.0705. The first kappa shape index (κ1) is 19.4. The Morgan fingerprint density at radius 2 is 1.94 bits per heavy atom. The van der Waals surface area contributed by atoms with E-state index in [9.17, 15) is 4.79 Å². The third kappa shape index (κ3) is 4.18. The Balaban J connectivity index is 1.28. The van der Waals surface area contributed by atoms with Gasteiger partial charge < -0.3 is 14.8 Å². The van der Waals surface area contributed by atoms with E-state index in [4.69, 9.17) is 9.47 Å². The number of rotatable bonds is 6. The van der Waals surface area contributed by atoms with Crippen molar-refractivity contribution in [3.8, 4) is 34.0 Å². The number of carbonyl (C=O) groups is 1. The monoisotopic (exact) mass is 431 g/mol. The summed E-state index contributed by atoms with van der Waals surface area (Å²) in [6.07, 6.45) is 0.843. The Bertz CT molecular complexity index is 1180. The molecule has 0 fully saturated rings. The van der Waals surface area contributed by atoms with Crippen LogP contribution in [0.3, 0.4) is 0 Å². The first-order valence-electron chi connectivity index (χ1n) is 10.1. The predicted molar refractivity (Wildman–Crippen MR) is 121 cm³/mol. The molecule has 0 atom stereocenters. The number of amides is 1. The van der Waals surface area contributed by atoms with E-state index in [1.807, 2.05) is 60.0 Å². The van der Waals surface area contributed by atoms with Crippen molar-refractivity contribution in [1.29, 1.82) is 0 Å². The molecule has 31 heavy (non-hydrogen) atoms. The van der Waals surface area contributed by atoms with Crippen molar-refractivity contribution in [2.45, 2.75) is 6.42 Å². The molecule has 2 aromatic heterocycles. The minimum Gasteiger partial charge on any atom is -0.486 e. The maximum atomic E-state index is 12.4. The molecule has 1 amide bonds. The standard InChI is InChI=1S/C24H21N3O3S/c28-24(25-11-10-18-3-2-14-31-18)17-8-6-16(7-9-17)20-15-21(27-26-20)19-4-1-5-22-23(19)30-13-12-29-22/h1-9,14-15H,10-13H2,(H,25,28)(H,26,27). The molecule has 0 bridgehead atoms. The first-order valence-corrected chi connectivity index (χ1v) is 11.0. The molecule has 0 radical (unpaired) electrons. The van der Waals surface area contributed by atoms with E-state index in [1.165, 1.54) is 4.88 Å². The smallest absolute Gasteiger partial charge is 0.251 e. The second-order valence-electron chi connectivity index (χ2n) is 7.16. The lowest BCUT2D eigenvalue weighted by Crippen LogP contribution is -2.25. The molecular formula is C24H21N3O3S. The van der Waals surface area contributed by atoms with Crippen LogP contribution in [0.15, 0.2) is 66.0 Å². The number of H-pyrrole nitrogens is 1. The number of hydrogen-bond donors (Lipinski definition) is 2. The van der Waals surface area contributed by atoms with Gasteiger partial charge in [-0.05, 0) is 48.2 Å². The molecule has 0 saturated carbocycles. The molecule has 3 heterocycles. The fraction of sp³-hybridized carbons (Fsp3) is 0.167. The summed E-state index contributed by atoms with van der Waals surface area (Å²) in [6.45, 7) is 1.71. The Labute approximate surface area is 183 Å². The van der Waals surface area contributed by atoms with Crippen LogP contribution < -0.4 is 14.8 Å². The highest BCUT2D eigenvalue weighted by atomic mass is 32.1. The Morgan fingerprint density at radius 1 is 1.06 bits per heavy atom. The van der Waals surface area contributed by atoms with Crippen LogP contribution in [0.25, 0.3) is 22.5 Å². The normalized spacial score (nSPS) is 12.5. The van der Waals surface area contributed by atoms with E-state index in [0.29, 0.717) is 25.3 Å². The number of fused-ring (bicyclic) bond motifs is 1. The number of benzene rings is 2. The zero-order valence-electron chi connectivity index (χ0n) is 16.8. The van der Waals surface area contributed by atoms with Gasteiger partial charge in [0.05, 0.1) is 11.4 Å². The third-order valence-corrected chi connectivity index (χ3v) is 6.05. The number of aromatic nitrogens is 2. The number of carbonyl (C=O) groups excluding carboxylic acids is 1. The first-order chi connectivity index (χ1) is 15.3. The van der Waals surface area contributed by atoms with Crippen LogP contribution >= 0.6 is 11.3 Å². The molecule has 1 aliphatic rings. The molecule has 7 heteroatoms. The van der Waals surface area contributed by atoms with Crippen molar-refractivity contribution in [1.82, 2.24) is 15.5 Å². The van der Waals surface area contributed by atoms with Gasteiger partial charge in [0.15, 0.2) is 11.5 Å². The van der Waals surface area contributed by atoms with Crippen molar-refractivity contribution < 1.29 is 14.3 Å². The summed E-state index contributed by atoms with van der Waals surface area (Å²) >= 11 is 1.70. The van der Waals surface area contributed by atoms with Crippen LogP contribution in [-0.4, -0.2) is 35.9 Å². The molecule has 5 rings (SSSR count). The van der Waals surface area contributed by atoms with Gasteiger partial charge in [0.2, 0.25) is 0 Å². The maximum Gasteiger partial charge on any atom is 0.251 e. The SMILES string of the molecule is O=C(NCCc1cccs1)c1ccc(-c2cc(-c3cccc4c3OCCO4)[nH]n2)cc1. The van der Waals surface area contributed by atoms with Crippen LogP contribution in [0.1, 0.15) is 15.2 Å². The van der Waals surface area contributed by atoms with E-state index in [2.05, 4.69) is 21.6 Å². The number of nitrogens with one attached hydrogen (secondary N) is 2. The van der Waals surface area contributed by atoms with Crippen LogP contribution in [0.5, 0.6) is 11.5 Å². The van der Waals surface area contributed by atoms with Gasteiger partial charge in [-0.2, -0.15) is 5.10 Å². The summed E-state index contributed by atoms with van der Waals surface area (Å²) in [5, 5.41) is 12.5. The lowest BCUT2D eigenvalue weighted by molar-refractivity contribution is 0.0954. The lowest BCUT2D eigenvalue weighted by Gasteiger charge is -2.20. The number of hydrogen-bond acceptors (Lipinski definition) is 5. The highest BCUT2D eigenvalue weighted by Crippen LogP contribution is 2.39. The zero-order chi connectivity index (χ0) is 21.0. The molecule has 4 aromatic rings. The molecule has 156 valence electrons. The lowest BCUT2D eigenvalue weighted by atomic mass is 10.1. The van der Waals surface area contributed by atoms with Crippen molar-refractivity contribution in [2.75, 3.05) is 19.8 Å². The minimum atomic E-state index is -0.0705. The third-order valence-electron chi connectivity index (χ3n) is 5.11. The molecule has 2 aromatic carbocycles. The second kappa shape index (κ2) is 8.65. The van der Waals surface area contributed by atoms with Gasteiger partial charge in [-0.25, -0.2) is 0 Å². The highest BCUT2D eigenvalue weighted by Gasteiger charge is 2.18. The van der Waals surface area contributed by atoms with E-state index in [-0.39, 0.29) is 5.91 Å². The molecule has 0 aliphatic carbocycles. The summed E-state index contributed by atoms with van der Waals surface area (Å²) in [4.78, 5) is 13.7. The van der Waals surface area contributed by atoms with Crippen molar-refractivity contribution in [3.05, 3.63) is 76.5 Å². The number of aromatic amines is 1. The second-order valence-corrected chi connectivity index (χ2v) is 8.19. The molecule has 0 unspecified atom stereocenters. The van der Waals surface area contributed by atoms with Crippen molar-refractivity contribution in [2.24, 2.45) is 0 Å². The van der Waals surface area contributed by atoms with Crippen LogP contribution in [0, 0.1) is 0 Å². The zero-order valence-corrected chi connectivity index (χ0v) is 17.6. The van der Waals surface area contributed by atoms with Crippen molar-refractivity contribution >= 4 is 17.2 Å². The summed E-state index contributed by atoms with van der Waals surface area (Å²) < 4.78 is 11.5. The number of para-hydroxylation sites is 1. The number of thiophene rings is 1. The van der Waals surface area contributed by atoms with Gasteiger partial charge in [-0.15, -0.1) is 11.3 Å². The Kier molecular flexibility index (Phi) is 5.41. The van der Waals surface area contributed by atoms with E-state index < -0.39 is 0 Å². The summed E-state index contributed by atoms with van der Waals surface area (Å²) in [5.74, 6) is 1.41. The average molecular weight is 432 g/mol. The molecule has 0 saturated heterocycles. The molecular weight excluding hydrogens is 410 g/mol. The Morgan fingerprint density at radius 3 is 2.77 bits per heavy atom. The summed E-state index contributed by atoms with van der Waals surface area (Å²) in [5.41, 5.74) is 4.13. The van der Waals surface area contributed by atoms with Crippen LogP contribution in [0.2, 0.25) is 0 Å². The average Bonchev–Trinajstić information content (AvgIpc) is 3.51. The quantitative estimate of drug-likeness (QED) is 0.470. The van der Waals surface area contributed by atoms with E-state index in [0.717, 1.165) is 40.4 Å². The van der Waals surface area contributed by atoms with Gasteiger partial charge in [0, 0.05) is 28.1 Å². The van der Waals surface area contributed by atoms with Gasteiger partial charge in [0.1, 0.15) is 13.2 Å². The summed E-state index contributed by atoms with van der Waals surface area (Å²) in [6, 6.07) is 19.4. The van der Waals surface area contributed by atoms with Gasteiger partial charge in [-0.1, -0.05) is 24.3 Å². The fourth-order valence-electron chi connectivity index (χ4n) is 3.54. The van der Waals surface area contributed by atoms with Gasteiger partial charge in [-0.3, -0.25) is 9.89 Å². The number of ether oxygens (including phenoxy) is 2. The van der Waals surface area contributed by atoms with Gasteiger partial charge >= 0.3 is 0 Å². The topological polar surface area (TPSA) is 76.2 Å². The summed E-state index contributed by atoms with van der Waals surface area (Å²) in [7, 11) is 0. The Hall–Kier alpha value is -3.58. The van der Waals surface area contributed by atoms with E-state index in [1.54, 1.807) is 11.3 Å². The molecule has 1 aliphatic heterocycles. The van der Waals surface area contributed by atoms with Crippen LogP contribution in [-0.2, 0) is 6.42 Å². The van der Waals surface area contributed by atoms with Gasteiger partial charge in [0.25, 0.3) is 5.91 Å². The predicted octanol–water partition coefficient (Wildman–Crippen LogP) is 4.55. The fourth-order valence-corrected chi connectivity index (χ4v) is 4.25. The van der Waals surface area contributed by atoms with E-state index >= 15 is 0 Å². The van der Waals surface area contributed by atoms with Crippen LogP contribution in [0.4, 0.5) is 0 Å². The number of nitrogens with zero attached hydrogens (tertiary/aromatic N) is 1. The molecule has 2 N–H and O–H groups in total. The largest absolute Gasteiger partial charge is 0.486 e. The highest BCUT2D eigenvalue weighted by molar-refractivity contribution is 7.09. The molecule has 6 nitrogen and oxygen atoms in total. The molecule has 0 spiro atoms. The van der Waals surface area contributed by atoms with Crippen molar-refractivity contribution in [3.63, 3.8) is 0 Å². The maximum absolute atomic E-state index is 12.4.